The molecule has 0 unspecified atom stereocenters. The number of rotatable bonds is 5. The summed E-state index contributed by atoms with van der Waals surface area (Å²) in [5.41, 5.74) is 4.16. The lowest BCUT2D eigenvalue weighted by Crippen LogP contribution is -2.16. The molecule has 0 spiro atoms. The normalized spacial score (nSPS) is 16.4. The van der Waals surface area contributed by atoms with E-state index in [-0.39, 0.29) is 0 Å². The number of aryl methyl sites for hydroxylation is 1. The SMILES string of the molecule is Cc1cn(C2CCCCC2)c(NCCc2cscn2)n1. The van der Waals surface area contributed by atoms with E-state index < -0.39 is 0 Å². The lowest BCUT2D eigenvalue weighted by Gasteiger charge is -2.24. The fraction of sp³-hybridized carbons (Fsp3) is 0.600. The van der Waals surface area contributed by atoms with Gasteiger partial charge in [-0.3, -0.25) is 0 Å². The molecule has 4 nitrogen and oxygen atoms in total. The molecule has 108 valence electrons. The first-order chi connectivity index (χ1) is 9.83. The molecule has 0 aromatic carbocycles. The first-order valence-corrected chi connectivity index (χ1v) is 8.43. The van der Waals surface area contributed by atoms with Crippen LogP contribution in [0, 0.1) is 6.92 Å². The third-order valence-electron chi connectivity index (χ3n) is 3.97. The molecule has 0 saturated heterocycles. The van der Waals surface area contributed by atoms with E-state index in [0.29, 0.717) is 6.04 Å². The van der Waals surface area contributed by atoms with Crippen LogP contribution in [0.25, 0.3) is 0 Å². The molecular weight excluding hydrogens is 268 g/mol. The van der Waals surface area contributed by atoms with E-state index in [1.807, 2.05) is 5.51 Å². The van der Waals surface area contributed by atoms with E-state index in [0.717, 1.165) is 30.3 Å². The minimum absolute atomic E-state index is 0.631. The molecule has 1 aliphatic carbocycles. The number of nitrogens with zero attached hydrogens (tertiary/aromatic N) is 3. The maximum atomic E-state index is 4.64. The Bertz CT molecular complexity index is 526. The number of nitrogens with one attached hydrogen (secondary N) is 1. The quantitative estimate of drug-likeness (QED) is 0.910. The van der Waals surface area contributed by atoms with Gasteiger partial charge in [0.25, 0.3) is 0 Å². The fourth-order valence-electron chi connectivity index (χ4n) is 2.95. The van der Waals surface area contributed by atoms with Crippen molar-refractivity contribution in [3.05, 3.63) is 28.5 Å². The van der Waals surface area contributed by atoms with Crippen molar-refractivity contribution in [3.8, 4) is 0 Å². The van der Waals surface area contributed by atoms with Crippen LogP contribution in [-0.4, -0.2) is 21.1 Å². The van der Waals surface area contributed by atoms with Gasteiger partial charge in [-0.2, -0.15) is 0 Å². The van der Waals surface area contributed by atoms with Crippen LogP contribution in [0.4, 0.5) is 5.95 Å². The molecule has 1 N–H and O–H groups in total. The van der Waals surface area contributed by atoms with Crippen LogP contribution in [0.2, 0.25) is 0 Å². The average molecular weight is 290 g/mol. The second kappa shape index (κ2) is 6.39. The lowest BCUT2D eigenvalue weighted by molar-refractivity contribution is 0.355. The first kappa shape index (κ1) is 13.6. The number of anilines is 1. The highest BCUT2D eigenvalue weighted by Gasteiger charge is 2.18. The molecule has 5 heteroatoms. The molecule has 20 heavy (non-hydrogen) atoms. The Kier molecular flexibility index (Phi) is 4.35. The topological polar surface area (TPSA) is 42.7 Å². The molecular formula is C15H22N4S. The maximum absolute atomic E-state index is 4.64. The molecule has 3 rings (SSSR count). The molecule has 1 saturated carbocycles. The zero-order valence-corrected chi connectivity index (χ0v) is 12.8. The minimum Gasteiger partial charge on any atom is -0.355 e. The van der Waals surface area contributed by atoms with Crippen molar-refractivity contribution < 1.29 is 0 Å². The van der Waals surface area contributed by atoms with Gasteiger partial charge in [0.1, 0.15) is 0 Å². The van der Waals surface area contributed by atoms with Crippen molar-refractivity contribution in [2.24, 2.45) is 0 Å². The minimum atomic E-state index is 0.631. The second-order valence-electron chi connectivity index (χ2n) is 5.56. The molecule has 1 fully saturated rings. The summed E-state index contributed by atoms with van der Waals surface area (Å²) in [6, 6.07) is 0.631. The highest BCUT2D eigenvalue weighted by atomic mass is 32.1. The summed E-state index contributed by atoms with van der Waals surface area (Å²) < 4.78 is 2.36. The van der Waals surface area contributed by atoms with Gasteiger partial charge in [-0.1, -0.05) is 19.3 Å². The standard InChI is InChI=1S/C15H22N4S/c1-12-9-19(14-5-3-2-4-6-14)15(18-12)16-8-7-13-10-20-11-17-13/h9-11,14H,2-8H2,1H3,(H,16,18). The van der Waals surface area contributed by atoms with Crippen LogP contribution in [0.15, 0.2) is 17.1 Å². The van der Waals surface area contributed by atoms with Crippen molar-refractivity contribution >= 4 is 17.3 Å². The van der Waals surface area contributed by atoms with Gasteiger partial charge in [0.05, 0.1) is 16.9 Å². The van der Waals surface area contributed by atoms with Gasteiger partial charge in [0.2, 0.25) is 5.95 Å². The molecule has 2 heterocycles. The molecule has 0 bridgehead atoms. The summed E-state index contributed by atoms with van der Waals surface area (Å²) in [6.45, 7) is 2.97. The van der Waals surface area contributed by atoms with Crippen molar-refractivity contribution in [2.75, 3.05) is 11.9 Å². The van der Waals surface area contributed by atoms with Crippen LogP contribution >= 0.6 is 11.3 Å². The van der Waals surface area contributed by atoms with Gasteiger partial charge in [-0.15, -0.1) is 11.3 Å². The van der Waals surface area contributed by atoms with Crippen LogP contribution < -0.4 is 5.32 Å². The lowest BCUT2D eigenvalue weighted by atomic mass is 9.95. The van der Waals surface area contributed by atoms with Crippen molar-refractivity contribution in [3.63, 3.8) is 0 Å². The largest absolute Gasteiger partial charge is 0.355 e. The predicted molar refractivity (Wildman–Crippen MR) is 83.4 cm³/mol. The molecule has 0 radical (unpaired) electrons. The summed E-state index contributed by atoms with van der Waals surface area (Å²) >= 11 is 1.66. The molecule has 0 aliphatic heterocycles. The van der Waals surface area contributed by atoms with Gasteiger partial charge < -0.3 is 9.88 Å². The van der Waals surface area contributed by atoms with E-state index in [9.17, 15) is 0 Å². The third kappa shape index (κ3) is 3.20. The number of hydrogen-bond acceptors (Lipinski definition) is 4. The van der Waals surface area contributed by atoms with Crippen molar-refractivity contribution in [1.29, 1.82) is 0 Å². The first-order valence-electron chi connectivity index (χ1n) is 7.49. The Labute approximate surface area is 124 Å². The molecule has 2 aromatic heterocycles. The van der Waals surface area contributed by atoms with Crippen LogP contribution in [0.5, 0.6) is 0 Å². The van der Waals surface area contributed by atoms with Gasteiger partial charge in [0.15, 0.2) is 0 Å². The van der Waals surface area contributed by atoms with E-state index in [2.05, 4.69) is 38.4 Å². The summed E-state index contributed by atoms with van der Waals surface area (Å²) in [4.78, 5) is 8.95. The van der Waals surface area contributed by atoms with Crippen LogP contribution in [0.1, 0.15) is 49.5 Å². The highest BCUT2D eigenvalue weighted by molar-refractivity contribution is 7.07. The average Bonchev–Trinajstić information content (AvgIpc) is 3.10. The fourth-order valence-corrected chi connectivity index (χ4v) is 3.54. The van der Waals surface area contributed by atoms with Crippen molar-refractivity contribution in [1.82, 2.24) is 14.5 Å². The Morgan fingerprint density at radius 2 is 2.20 bits per heavy atom. The van der Waals surface area contributed by atoms with Gasteiger partial charge >= 0.3 is 0 Å². The summed E-state index contributed by atoms with van der Waals surface area (Å²) in [6.07, 6.45) is 9.81. The smallest absolute Gasteiger partial charge is 0.203 e. The van der Waals surface area contributed by atoms with Crippen molar-refractivity contribution in [2.45, 2.75) is 51.5 Å². The van der Waals surface area contributed by atoms with Gasteiger partial charge in [-0.05, 0) is 19.8 Å². The number of imidazole rings is 1. The highest BCUT2D eigenvalue weighted by Crippen LogP contribution is 2.30. The monoisotopic (exact) mass is 290 g/mol. The summed E-state index contributed by atoms with van der Waals surface area (Å²) in [5, 5.41) is 5.60. The number of aromatic nitrogens is 3. The molecule has 0 amide bonds. The number of thiazole rings is 1. The Hall–Kier alpha value is -1.36. The predicted octanol–water partition coefficient (Wildman–Crippen LogP) is 3.81. The van der Waals surface area contributed by atoms with E-state index in [1.165, 1.54) is 32.1 Å². The van der Waals surface area contributed by atoms with Gasteiger partial charge in [0, 0.05) is 30.6 Å². The number of hydrogen-bond donors (Lipinski definition) is 1. The third-order valence-corrected chi connectivity index (χ3v) is 4.60. The Morgan fingerprint density at radius 1 is 1.35 bits per heavy atom. The zero-order valence-electron chi connectivity index (χ0n) is 12.0. The zero-order chi connectivity index (χ0) is 13.8. The van der Waals surface area contributed by atoms with Crippen LogP contribution in [-0.2, 0) is 6.42 Å². The summed E-state index contributed by atoms with van der Waals surface area (Å²) in [5.74, 6) is 1.03. The van der Waals surface area contributed by atoms with E-state index in [1.54, 1.807) is 11.3 Å². The van der Waals surface area contributed by atoms with E-state index in [4.69, 9.17) is 0 Å². The second-order valence-corrected chi connectivity index (χ2v) is 6.28. The maximum Gasteiger partial charge on any atom is 0.203 e. The summed E-state index contributed by atoms with van der Waals surface area (Å²) in [7, 11) is 0. The van der Waals surface area contributed by atoms with E-state index >= 15 is 0 Å². The Morgan fingerprint density at radius 3 is 2.95 bits per heavy atom. The molecule has 2 aromatic rings. The Balaban J connectivity index is 1.63. The van der Waals surface area contributed by atoms with Crippen LogP contribution in [0.3, 0.4) is 0 Å². The van der Waals surface area contributed by atoms with Gasteiger partial charge in [-0.25, -0.2) is 9.97 Å². The molecule has 0 atom stereocenters. The molecule has 1 aliphatic rings.